The number of nitrogens with one attached hydrogen (secondary N) is 1. The van der Waals surface area contributed by atoms with Gasteiger partial charge < -0.3 is 10.1 Å². The van der Waals surface area contributed by atoms with E-state index in [-0.39, 0.29) is 5.56 Å². The van der Waals surface area contributed by atoms with Crippen molar-refractivity contribution < 1.29 is 22.7 Å². The number of hydrogen-bond donors (Lipinski definition) is 1. The smallest absolute Gasteiger partial charge is 0.367 e. The van der Waals surface area contributed by atoms with Gasteiger partial charge in [0.05, 0.1) is 12.2 Å². The Morgan fingerprint density at radius 3 is 2.78 bits per heavy atom. The molecule has 1 unspecified atom stereocenters. The third-order valence-corrected chi connectivity index (χ3v) is 2.69. The van der Waals surface area contributed by atoms with Crippen molar-refractivity contribution in [1.29, 1.82) is 0 Å². The number of ether oxygens (including phenoxy) is 1. The summed E-state index contributed by atoms with van der Waals surface area (Å²) in [5.74, 6) is -0.423. The molecule has 1 N–H and O–H groups in total. The fourth-order valence-corrected chi connectivity index (χ4v) is 1.77. The molecule has 1 fully saturated rings. The van der Waals surface area contributed by atoms with Crippen LogP contribution < -0.4 is 5.32 Å². The maximum Gasteiger partial charge on any atom is 0.416 e. The van der Waals surface area contributed by atoms with E-state index >= 15 is 0 Å². The Morgan fingerprint density at radius 2 is 2.17 bits per heavy atom. The number of ketones is 1. The molecule has 98 valence electrons. The van der Waals surface area contributed by atoms with Gasteiger partial charge in [0, 0.05) is 18.7 Å². The minimum atomic E-state index is -4.44. The van der Waals surface area contributed by atoms with Crippen molar-refractivity contribution >= 4 is 5.78 Å². The Balaban J connectivity index is 2.20. The summed E-state index contributed by atoms with van der Waals surface area (Å²) in [6, 6.07) is 4.40. The summed E-state index contributed by atoms with van der Waals surface area (Å²) in [6.07, 6.45) is -5.15. The van der Waals surface area contributed by atoms with Crippen LogP contribution in [-0.2, 0) is 10.9 Å². The second-order valence-electron chi connectivity index (χ2n) is 4.01. The molecule has 1 aliphatic rings. The Hall–Kier alpha value is -1.40. The average Bonchev–Trinajstić information content (AvgIpc) is 2.38. The summed E-state index contributed by atoms with van der Waals surface area (Å²) in [7, 11) is 0. The molecule has 0 aromatic heterocycles. The Labute approximate surface area is 102 Å². The molecule has 0 bridgehead atoms. The first-order valence-corrected chi connectivity index (χ1v) is 5.52. The summed E-state index contributed by atoms with van der Waals surface area (Å²) in [6.45, 7) is 1.36. The monoisotopic (exact) mass is 259 g/mol. The van der Waals surface area contributed by atoms with Gasteiger partial charge in [-0.25, -0.2) is 0 Å². The van der Waals surface area contributed by atoms with Crippen LogP contribution in [0.2, 0.25) is 0 Å². The Bertz CT molecular complexity index is 439. The van der Waals surface area contributed by atoms with Crippen LogP contribution in [0.25, 0.3) is 0 Å². The van der Waals surface area contributed by atoms with Crippen LogP contribution >= 0.6 is 0 Å². The van der Waals surface area contributed by atoms with Gasteiger partial charge in [-0.1, -0.05) is 12.1 Å². The first kappa shape index (κ1) is 13.0. The molecule has 1 atom stereocenters. The predicted molar refractivity (Wildman–Crippen MR) is 58.4 cm³/mol. The van der Waals surface area contributed by atoms with E-state index in [1.807, 2.05) is 0 Å². The Morgan fingerprint density at radius 1 is 1.39 bits per heavy atom. The summed E-state index contributed by atoms with van der Waals surface area (Å²) >= 11 is 0. The molecule has 3 nitrogen and oxygen atoms in total. The molecule has 2 rings (SSSR count). The van der Waals surface area contributed by atoms with Gasteiger partial charge in [0.2, 0.25) is 0 Å². The molecule has 0 amide bonds. The quantitative estimate of drug-likeness (QED) is 0.824. The van der Waals surface area contributed by atoms with E-state index in [0.29, 0.717) is 19.7 Å². The minimum Gasteiger partial charge on any atom is -0.367 e. The number of morpholine rings is 1. The standard InChI is InChI=1S/C12H12F3NO2/c13-12(14,15)9-3-1-2-8(6-9)11(17)10-7-16-4-5-18-10/h1-3,6,10,16H,4-5,7H2. The van der Waals surface area contributed by atoms with Gasteiger partial charge in [0.15, 0.2) is 5.78 Å². The van der Waals surface area contributed by atoms with Crippen LogP contribution in [0, 0.1) is 0 Å². The van der Waals surface area contributed by atoms with Crippen molar-refractivity contribution in [2.45, 2.75) is 12.3 Å². The number of rotatable bonds is 2. The predicted octanol–water partition coefficient (Wildman–Crippen LogP) is 1.88. The number of carbonyl (C=O) groups excluding carboxylic acids is 1. The number of hydrogen-bond acceptors (Lipinski definition) is 3. The van der Waals surface area contributed by atoms with Crippen molar-refractivity contribution in [1.82, 2.24) is 5.32 Å². The largest absolute Gasteiger partial charge is 0.416 e. The molecule has 1 aromatic carbocycles. The number of halogens is 3. The van der Waals surface area contributed by atoms with E-state index in [1.165, 1.54) is 12.1 Å². The van der Waals surface area contributed by atoms with Crippen molar-refractivity contribution in [3.05, 3.63) is 35.4 Å². The van der Waals surface area contributed by atoms with Crippen molar-refractivity contribution in [2.75, 3.05) is 19.7 Å². The summed E-state index contributed by atoms with van der Waals surface area (Å²) in [5, 5.41) is 2.96. The van der Waals surface area contributed by atoms with Crippen molar-refractivity contribution in [2.24, 2.45) is 0 Å². The molecule has 0 aliphatic carbocycles. The molecule has 0 radical (unpaired) electrons. The lowest BCUT2D eigenvalue weighted by molar-refractivity contribution is -0.137. The molecular weight excluding hydrogens is 247 g/mol. The highest BCUT2D eigenvalue weighted by atomic mass is 19.4. The average molecular weight is 259 g/mol. The lowest BCUT2D eigenvalue weighted by Gasteiger charge is -2.22. The molecule has 1 heterocycles. The minimum absolute atomic E-state index is 0.0264. The zero-order chi connectivity index (χ0) is 13.2. The van der Waals surface area contributed by atoms with Crippen LogP contribution in [0.1, 0.15) is 15.9 Å². The third kappa shape index (κ3) is 2.88. The molecule has 1 aromatic rings. The van der Waals surface area contributed by atoms with Gasteiger partial charge in [0.25, 0.3) is 0 Å². The highest BCUT2D eigenvalue weighted by molar-refractivity contribution is 5.99. The SMILES string of the molecule is O=C(c1cccc(C(F)(F)F)c1)C1CNCCO1. The maximum absolute atomic E-state index is 12.5. The van der Waals surface area contributed by atoms with Crippen molar-refractivity contribution in [3.63, 3.8) is 0 Å². The lowest BCUT2D eigenvalue weighted by Crippen LogP contribution is -2.43. The van der Waals surface area contributed by atoms with E-state index in [2.05, 4.69) is 5.32 Å². The molecule has 18 heavy (non-hydrogen) atoms. The van der Waals surface area contributed by atoms with E-state index in [9.17, 15) is 18.0 Å². The first-order chi connectivity index (χ1) is 8.48. The van der Waals surface area contributed by atoms with Crippen LogP contribution in [0.4, 0.5) is 13.2 Å². The zero-order valence-electron chi connectivity index (χ0n) is 9.46. The number of benzene rings is 1. The van der Waals surface area contributed by atoms with Gasteiger partial charge in [-0.15, -0.1) is 0 Å². The van der Waals surface area contributed by atoms with Crippen LogP contribution in [-0.4, -0.2) is 31.6 Å². The van der Waals surface area contributed by atoms with Gasteiger partial charge >= 0.3 is 6.18 Å². The van der Waals surface area contributed by atoms with Crippen LogP contribution in [0.15, 0.2) is 24.3 Å². The lowest BCUT2D eigenvalue weighted by atomic mass is 10.0. The Kier molecular flexibility index (Phi) is 3.68. The normalized spacial score (nSPS) is 20.7. The molecule has 1 saturated heterocycles. The molecule has 0 spiro atoms. The molecular formula is C12H12F3NO2. The number of carbonyl (C=O) groups is 1. The van der Waals surface area contributed by atoms with E-state index in [4.69, 9.17) is 4.74 Å². The fourth-order valence-electron chi connectivity index (χ4n) is 1.77. The first-order valence-electron chi connectivity index (χ1n) is 5.52. The summed E-state index contributed by atoms with van der Waals surface area (Å²) in [4.78, 5) is 11.9. The molecule has 6 heteroatoms. The maximum atomic E-state index is 12.5. The summed E-state index contributed by atoms with van der Waals surface area (Å²) < 4.78 is 42.8. The van der Waals surface area contributed by atoms with Crippen molar-refractivity contribution in [3.8, 4) is 0 Å². The van der Waals surface area contributed by atoms with E-state index < -0.39 is 23.6 Å². The van der Waals surface area contributed by atoms with Gasteiger partial charge in [0.1, 0.15) is 6.10 Å². The zero-order valence-corrected chi connectivity index (χ0v) is 9.46. The second-order valence-corrected chi connectivity index (χ2v) is 4.01. The highest BCUT2D eigenvalue weighted by Crippen LogP contribution is 2.29. The van der Waals surface area contributed by atoms with Crippen LogP contribution in [0.5, 0.6) is 0 Å². The molecule has 1 aliphatic heterocycles. The van der Waals surface area contributed by atoms with Gasteiger partial charge in [-0.05, 0) is 12.1 Å². The summed E-state index contributed by atoms with van der Waals surface area (Å²) in [5.41, 5.74) is -0.796. The highest BCUT2D eigenvalue weighted by Gasteiger charge is 2.32. The number of Topliss-reactive ketones (excluding diaryl/α,β-unsaturated/α-hetero) is 1. The second kappa shape index (κ2) is 5.07. The van der Waals surface area contributed by atoms with Gasteiger partial charge in [-0.2, -0.15) is 13.2 Å². The topological polar surface area (TPSA) is 38.3 Å². The van der Waals surface area contributed by atoms with Gasteiger partial charge in [-0.3, -0.25) is 4.79 Å². The number of alkyl halides is 3. The molecule has 0 saturated carbocycles. The third-order valence-electron chi connectivity index (χ3n) is 2.69. The van der Waals surface area contributed by atoms with E-state index in [1.54, 1.807) is 0 Å². The van der Waals surface area contributed by atoms with Crippen LogP contribution in [0.3, 0.4) is 0 Å². The fraction of sp³-hybridized carbons (Fsp3) is 0.417. The van der Waals surface area contributed by atoms with E-state index in [0.717, 1.165) is 12.1 Å².